The van der Waals surface area contributed by atoms with Crippen molar-refractivity contribution in [3.63, 3.8) is 0 Å². The molecular formula is C24H31ClN4O3. The van der Waals surface area contributed by atoms with Crippen LogP contribution in [0.1, 0.15) is 51.0 Å². The molecule has 2 saturated heterocycles. The van der Waals surface area contributed by atoms with Gasteiger partial charge in [0, 0.05) is 32.5 Å². The maximum atomic E-state index is 11.4. The predicted molar refractivity (Wildman–Crippen MR) is 126 cm³/mol. The van der Waals surface area contributed by atoms with Crippen molar-refractivity contribution < 1.29 is 14.3 Å². The van der Waals surface area contributed by atoms with Gasteiger partial charge in [-0.25, -0.2) is 9.97 Å². The number of nitrogens with zero attached hydrogens (tertiary/aromatic N) is 3. The molecule has 4 rings (SSSR count). The van der Waals surface area contributed by atoms with Gasteiger partial charge in [-0.1, -0.05) is 30.7 Å². The van der Waals surface area contributed by atoms with Gasteiger partial charge in [-0.15, -0.1) is 0 Å². The molecule has 0 aliphatic carbocycles. The molecule has 2 aliphatic heterocycles. The average molecular weight is 459 g/mol. The summed E-state index contributed by atoms with van der Waals surface area (Å²) in [6, 6.07) is 8.06. The van der Waals surface area contributed by atoms with Crippen LogP contribution in [0, 0.1) is 0 Å². The Bertz CT molecular complexity index is 918. The molecule has 172 valence electrons. The molecular weight excluding hydrogens is 428 g/mol. The first kappa shape index (κ1) is 22.8. The number of rotatable bonds is 9. The molecule has 0 spiro atoms. The lowest BCUT2D eigenvalue weighted by atomic mass is 9.96. The highest BCUT2D eigenvalue weighted by molar-refractivity contribution is 6.35. The van der Waals surface area contributed by atoms with E-state index in [0.29, 0.717) is 30.4 Å². The molecule has 0 bridgehead atoms. The van der Waals surface area contributed by atoms with Crippen molar-refractivity contribution in [3.8, 4) is 5.75 Å². The van der Waals surface area contributed by atoms with E-state index in [0.717, 1.165) is 49.5 Å². The molecule has 3 atom stereocenters. The van der Waals surface area contributed by atoms with E-state index in [9.17, 15) is 4.79 Å². The molecule has 2 fully saturated rings. The standard InChI is InChI=1S/C24H31ClN4O3/c1-16(12-17(2)30)18-5-7-19(8-6-18)32-21-9-10-29(14-21)24-22(25)23(27-15-28-24)26-13-20-4-3-11-31-20/h5-8,15-16,20-21H,3-4,9-14H2,1-2H3,(H,26,27,28)/t16-,20?,21-/m1/s1. The zero-order chi connectivity index (χ0) is 22.5. The second-order valence-electron chi connectivity index (χ2n) is 8.73. The molecule has 1 unspecified atom stereocenters. The smallest absolute Gasteiger partial charge is 0.153 e. The molecule has 3 heterocycles. The normalized spacial score (nSPS) is 21.5. The number of carbonyl (C=O) groups is 1. The van der Waals surface area contributed by atoms with Crippen LogP contribution >= 0.6 is 11.6 Å². The Balaban J connectivity index is 1.33. The van der Waals surface area contributed by atoms with Crippen LogP contribution in [0.5, 0.6) is 5.75 Å². The predicted octanol–water partition coefficient (Wildman–Crippen LogP) is 4.46. The number of nitrogens with one attached hydrogen (secondary N) is 1. The summed E-state index contributed by atoms with van der Waals surface area (Å²) in [5, 5.41) is 3.85. The molecule has 0 amide bonds. The number of carbonyl (C=O) groups excluding carboxylic acids is 1. The van der Waals surface area contributed by atoms with E-state index in [1.54, 1.807) is 13.3 Å². The number of hydrogen-bond acceptors (Lipinski definition) is 7. The first-order valence-electron chi connectivity index (χ1n) is 11.4. The Morgan fingerprint density at radius 1 is 1.31 bits per heavy atom. The molecule has 1 aromatic heterocycles. The summed E-state index contributed by atoms with van der Waals surface area (Å²) in [5.41, 5.74) is 1.15. The fourth-order valence-electron chi connectivity index (χ4n) is 4.35. The van der Waals surface area contributed by atoms with Crippen molar-refractivity contribution >= 4 is 29.0 Å². The highest BCUT2D eigenvalue weighted by Crippen LogP contribution is 2.32. The zero-order valence-electron chi connectivity index (χ0n) is 18.7. The Morgan fingerprint density at radius 2 is 2.12 bits per heavy atom. The molecule has 8 heteroatoms. The third-order valence-electron chi connectivity index (χ3n) is 6.08. The van der Waals surface area contributed by atoms with Crippen LogP contribution in [0.2, 0.25) is 5.02 Å². The van der Waals surface area contributed by atoms with Crippen LogP contribution in [0.15, 0.2) is 30.6 Å². The van der Waals surface area contributed by atoms with Gasteiger partial charge in [0.2, 0.25) is 0 Å². The first-order chi connectivity index (χ1) is 15.5. The maximum Gasteiger partial charge on any atom is 0.153 e. The summed E-state index contributed by atoms with van der Waals surface area (Å²) in [7, 11) is 0. The van der Waals surface area contributed by atoms with Gasteiger partial charge in [0.15, 0.2) is 11.6 Å². The van der Waals surface area contributed by atoms with Crippen molar-refractivity contribution in [1.82, 2.24) is 9.97 Å². The summed E-state index contributed by atoms with van der Waals surface area (Å²) in [6.07, 6.45) is 5.43. The highest BCUT2D eigenvalue weighted by atomic mass is 35.5. The van der Waals surface area contributed by atoms with Crippen molar-refractivity contribution in [2.45, 2.75) is 57.7 Å². The molecule has 7 nitrogen and oxygen atoms in total. The lowest BCUT2D eigenvalue weighted by molar-refractivity contribution is -0.117. The number of benzene rings is 1. The van der Waals surface area contributed by atoms with Gasteiger partial charge in [-0.2, -0.15) is 0 Å². The summed E-state index contributed by atoms with van der Waals surface area (Å²) in [6.45, 7) is 6.76. The lowest BCUT2D eigenvalue weighted by Crippen LogP contribution is -2.26. The summed E-state index contributed by atoms with van der Waals surface area (Å²) < 4.78 is 11.9. The Morgan fingerprint density at radius 3 is 2.84 bits per heavy atom. The van der Waals surface area contributed by atoms with Gasteiger partial charge in [-0.05, 0) is 43.4 Å². The molecule has 32 heavy (non-hydrogen) atoms. The van der Waals surface area contributed by atoms with Crippen molar-refractivity contribution in [3.05, 3.63) is 41.2 Å². The monoisotopic (exact) mass is 458 g/mol. The van der Waals surface area contributed by atoms with Gasteiger partial charge in [0.1, 0.15) is 29.0 Å². The fraction of sp³-hybridized carbons (Fsp3) is 0.542. The van der Waals surface area contributed by atoms with E-state index in [2.05, 4.69) is 27.1 Å². The van der Waals surface area contributed by atoms with Crippen LogP contribution in [0.4, 0.5) is 11.6 Å². The van der Waals surface area contributed by atoms with Crippen molar-refractivity contribution in [2.24, 2.45) is 0 Å². The SMILES string of the molecule is CC(=O)C[C@@H](C)c1ccc(O[C@@H]2CCN(c3ncnc(NCC4CCCO4)c3Cl)C2)cc1. The van der Waals surface area contributed by atoms with Crippen LogP contribution in [-0.2, 0) is 9.53 Å². The van der Waals surface area contributed by atoms with E-state index in [1.807, 2.05) is 24.3 Å². The molecule has 1 aromatic carbocycles. The molecule has 2 aromatic rings. The fourth-order valence-corrected chi connectivity index (χ4v) is 4.64. The van der Waals surface area contributed by atoms with Gasteiger partial charge in [0.25, 0.3) is 0 Å². The second-order valence-corrected chi connectivity index (χ2v) is 9.10. The van der Waals surface area contributed by atoms with Crippen LogP contribution in [-0.4, -0.2) is 54.2 Å². The minimum absolute atomic E-state index is 0.0600. The summed E-state index contributed by atoms with van der Waals surface area (Å²) in [5.74, 6) is 2.63. The number of aromatic nitrogens is 2. The number of ether oxygens (including phenoxy) is 2. The number of halogens is 1. The number of anilines is 2. The van der Waals surface area contributed by atoms with Crippen LogP contribution in [0.3, 0.4) is 0 Å². The third kappa shape index (κ3) is 5.70. The quantitative estimate of drug-likeness (QED) is 0.594. The number of ketones is 1. The van der Waals surface area contributed by atoms with Crippen molar-refractivity contribution in [2.75, 3.05) is 36.5 Å². The van der Waals surface area contributed by atoms with Crippen molar-refractivity contribution in [1.29, 1.82) is 0 Å². The summed E-state index contributed by atoms with van der Waals surface area (Å²) in [4.78, 5) is 22.2. The minimum Gasteiger partial charge on any atom is -0.489 e. The largest absolute Gasteiger partial charge is 0.489 e. The molecule has 0 saturated carbocycles. The second kappa shape index (κ2) is 10.5. The Labute approximate surface area is 194 Å². The average Bonchev–Trinajstić information content (AvgIpc) is 3.45. The Hall–Kier alpha value is -2.38. The van der Waals surface area contributed by atoms with E-state index in [4.69, 9.17) is 21.1 Å². The van der Waals surface area contributed by atoms with Crippen LogP contribution < -0.4 is 15.0 Å². The van der Waals surface area contributed by atoms with Gasteiger partial charge in [-0.3, -0.25) is 0 Å². The minimum atomic E-state index is 0.0600. The van der Waals surface area contributed by atoms with Crippen LogP contribution in [0.25, 0.3) is 0 Å². The topological polar surface area (TPSA) is 76.6 Å². The van der Waals surface area contributed by atoms with E-state index in [-0.39, 0.29) is 23.9 Å². The molecule has 2 aliphatic rings. The maximum absolute atomic E-state index is 11.4. The summed E-state index contributed by atoms with van der Waals surface area (Å²) >= 11 is 6.63. The highest BCUT2D eigenvalue weighted by Gasteiger charge is 2.28. The zero-order valence-corrected chi connectivity index (χ0v) is 19.5. The number of Topliss-reactive ketones (excluding diaryl/α,β-unsaturated/α-hetero) is 1. The lowest BCUT2D eigenvalue weighted by Gasteiger charge is -2.21. The van der Waals surface area contributed by atoms with E-state index in [1.165, 1.54) is 0 Å². The molecule has 0 radical (unpaired) electrons. The third-order valence-corrected chi connectivity index (χ3v) is 6.43. The van der Waals surface area contributed by atoms with E-state index >= 15 is 0 Å². The first-order valence-corrected chi connectivity index (χ1v) is 11.7. The van der Waals surface area contributed by atoms with Gasteiger partial charge >= 0.3 is 0 Å². The Kier molecular flexibility index (Phi) is 7.48. The number of hydrogen-bond donors (Lipinski definition) is 1. The van der Waals surface area contributed by atoms with Gasteiger partial charge in [0.05, 0.1) is 12.6 Å². The molecule has 1 N–H and O–H groups in total. The van der Waals surface area contributed by atoms with Gasteiger partial charge < -0.3 is 24.5 Å². The van der Waals surface area contributed by atoms with E-state index < -0.39 is 0 Å².